The van der Waals surface area contributed by atoms with Crippen molar-refractivity contribution in [3.63, 3.8) is 0 Å². The lowest BCUT2D eigenvalue weighted by Gasteiger charge is -2.27. The number of fused-ring (bicyclic) bond motifs is 3. The van der Waals surface area contributed by atoms with Gasteiger partial charge in [-0.05, 0) is 55.2 Å². The van der Waals surface area contributed by atoms with Crippen molar-refractivity contribution in [3.8, 4) is 0 Å². The summed E-state index contributed by atoms with van der Waals surface area (Å²) >= 11 is 1.26. The van der Waals surface area contributed by atoms with Crippen molar-refractivity contribution < 1.29 is 14.4 Å². The normalized spacial score (nSPS) is 16.4. The number of nitrogens with zero attached hydrogens (tertiary/aromatic N) is 3. The van der Waals surface area contributed by atoms with Gasteiger partial charge < -0.3 is 10.6 Å². The first-order chi connectivity index (χ1) is 19.4. The molecule has 2 aliphatic heterocycles. The number of benzene rings is 3. The van der Waals surface area contributed by atoms with Gasteiger partial charge in [0.15, 0.2) is 5.17 Å². The van der Waals surface area contributed by atoms with Crippen LogP contribution < -0.4 is 10.6 Å². The number of rotatable bonds is 9. The molecule has 9 heteroatoms. The van der Waals surface area contributed by atoms with E-state index in [1.165, 1.54) is 16.7 Å². The minimum Gasteiger partial charge on any atom is -0.352 e. The Bertz CT molecular complexity index is 1490. The topological polar surface area (TPSA) is 103 Å². The summed E-state index contributed by atoms with van der Waals surface area (Å²) in [6.45, 7) is 4.34. The summed E-state index contributed by atoms with van der Waals surface area (Å²) in [4.78, 5) is 50.4. The molecule has 8 nitrogen and oxygen atoms in total. The molecule has 0 aliphatic carbocycles. The molecule has 5 rings (SSSR count). The second-order valence-electron chi connectivity index (χ2n) is 9.73. The third-order valence-electron chi connectivity index (χ3n) is 6.72. The van der Waals surface area contributed by atoms with Crippen LogP contribution in [0.1, 0.15) is 42.9 Å². The van der Waals surface area contributed by atoms with Gasteiger partial charge in [-0.25, -0.2) is 9.89 Å². The lowest BCUT2D eigenvalue weighted by molar-refractivity contribution is -0.125. The Balaban J connectivity index is 1.29. The van der Waals surface area contributed by atoms with Crippen LogP contribution in [0.2, 0.25) is 0 Å². The second-order valence-corrected chi connectivity index (χ2v) is 10.9. The van der Waals surface area contributed by atoms with Gasteiger partial charge in [-0.3, -0.25) is 19.4 Å². The van der Waals surface area contributed by atoms with Gasteiger partial charge in [-0.15, -0.1) is 0 Å². The van der Waals surface area contributed by atoms with Crippen LogP contribution in [-0.4, -0.2) is 44.9 Å². The number of hydrogen-bond acceptors (Lipinski definition) is 6. The number of aliphatic imine (C=N–C) groups is 2. The minimum atomic E-state index is -0.698. The van der Waals surface area contributed by atoms with Crippen molar-refractivity contribution in [2.24, 2.45) is 9.98 Å². The van der Waals surface area contributed by atoms with Crippen molar-refractivity contribution in [2.75, 3.05) is 5.32 Å². The summed E-state index contributed by atoms with van der Waals surface area (Å²) in [5, 5.41) is 5.85. The maximum atomic E-state index is 13.6. The standard InChI is InChI=1S/C31H31N5O3S/c1-3-26(29(38)33-22-13-9-10-20(2)18-22)40-31-35-24-15-8-7-14-23(24)28-34-25(30(39)36(28)31)16-17-27(37)32-19-21-11-5-4-6-12-21/h4-15,18,25-26H,3,16-17,19H2,1-2H3,(H,32,37)(H,33,38)/t25-,26-/m1/s1. The summed E-state index contributed by atoms with van der Waals surface area (Å²) < 4.78 is 0. The van der Waals surface area contributed by atoms with E-state index in [0.29, 0.717) is 29.7 Å². The van der Waals surface area contributed by atoms with Gasteiger partial charge in [0.05, 0.1) is 10.9 Å². The second kappa shape index (κ2) is 12.3. The number of para-hydroxylation sites is 1. The van der Waals surface area contributed by atoms with Gasteiger partial charge in [0.25, 0.3) is 5.91 Å². The van der Waals surface area contributed by atoms with Gasteiger partial charge in [0.1, 0.15) is 11.9 Å². The van der Waals surface area contributed by atoms with Crippen molar-refractivity contribution in [3.05, 3.63) is 95.6 Å². The van der Waals surface area contributed by atoms with E-state index in [1.807, 2.05) is 92.7 Å². The third-order valence-corrected chi connectivity index (χ3v) is 8.04. The average molecular weight is 554 g/mol. The SMILES string of the molecule is CC[C@@H](SC1=Nc2ccccc2C2=N[C@H](CCC(=O)NCc3ccccc3)C(=O)N12)C(=O)Nc1cccc(C)c1. The number of amides is 3. The van der Waals surface area contributed by atoms with E-state index in [0.717, 1.165) is 22.4 Å². The number of thioether (sulfide) groups is 1. The highest BCUT2D eigenvalue weighted by Crippen LogP contribution is 2.36. The first-order valence-corrected chi connectivity index (χ1v) is 14.3. The number of carbonyl (C=O) groups is 3. The molecule has 2 aliphatic rings. The average Bonchev–Trinajstić information content (AvgIpc) is 3.30. The minimum absolute atomic E-state index is 0.135. The van der Waals surface area contributed by atoms with Crippen LogP contribution in [0.4, 0.5) is 11.4 Å². The molecule has 0 saturated heterocycles. The van der Waals surface area contributed by atoms with E-state index >= 15 is 0 Å². The van der Waals surface area contributed by atoms with Crippen molar-refractivity contribution in [2.45, 2.75) is 50.9 Å². The van der Waals surface area contributed by atoms with Gasteiger partial charge in [-0.1, -0.05) is 73.3 Å². The molecule has 0 bridgehead atoms. The van der Waals surface area contributed by atoms with Crippen LogP contribution in [0.25, 0.3) is 0 Å². The number of hydrogen-bond donors (Lipinski definition) is 2. The molecule has 3 aromatic carbocycles. The quantitative estimate of drug-likeness (QED) is 0.380. The number of amidine groups is 2. The number of anilines is 1. The number of nitrogens with one attached hydrogen (secondary N) is 2. The van der Waals surface area contributed by atoms with Crippen LogP contribution in [0.3, 0.4) is 0 Å². The fourth-order valence-corrected chi connectivity index (χ4v) is 5.64. The molecule has 204 valence electrons. The Labute approximate surface area is 238 Å². The third kappa shape index (κ3) is 6.15. The zero-order valence-electron chi connectivity index (χ0n) is 22.5. The van der Waals surface area contributed by atoms with Crippen LogP contribution in [-0.2, 0) is 20.9 Å². The largest absolute Gasteiger partial charge is 0.352 e. The summed E-state index contributed by atoms with van der Waals surface area (Å²) in [7, 11) is 0. The van der Waals surface area contributed by atoms with Gasteiger partial charge >= 0.3 is 0 Å². The predicted molar refractivity (Wildman–Crippen MR) is 160 cm³/mol. The van der Waals surface area contributed by atoms with Crippen LogP contribution in [0, 0.1) is 6.92 Å². The summed E-state index contributed by atoms with van der Waals surface area (Å²) in [6, 6.07) is 24.1. The van der Waals surface area contributed by atoms with Gasteiger partial charge in [0, 0.05) is 24.2 Å². The first-order valence-electron chi connectivity index (χ1n) is 13.4. The Morgan fingerprint density at radius 3 is 2.58 bits per heavy atom. The fraction of sp³-hybridized carbons (Fsp3) is 0.258. The maximum absolute atomic E-state index is 13.6. The van der Waals surface area contributed by atoms with E-state index in [2.05, 4.69) is 10.6 Å². The van der Waals surface area contributed by atoms with Crippen molar-refractivity contribution in [1.29, 1.82) is 0 Å². The molecule has 0 spiro atoms. The Morgan fingerprint density at radius 2 is 1.80 bits per heavy atom. The van der Waals surface area contributed by atoms with Gasteiger partial charge in [0.2, 0.25) is 11.8 Å². The molecule has 2 atom stereocenters. The molecular formula is C31H31N5O3S. The molecule has 0 aromatic heterocycles. The molecular weight excluding hydrogens is 522 g/mol. The molecule has 3 aromatic rings. The Kier molecular flexibility index (Phi) is 8.40. The number of aryl methyl sites for hydroxylation is 1. The van der Waals surface area contributed by atoms with E-state index in [1.54, 1.807) is 0 Å². The lowest BCUT2D eigenvalue weighted by atomic mass is 10.1. The number of carbonyl (C=O) groups excluding carboxylic acids is 3. The Hall–Kier alpha value is -4.24. The van der Waals surface area contributed by atoms with E-state index in [9.17, 15) is 14.4 Å². The molecule has 2 N–H and O–H groups in total. The zero-order chi connectivity index (χ0) is 28.1. The molecule has 0 fully saturated rings. The predicted octanol–water partition coefficient (Wildman–Crippen LogP) is 5.20. The summed E-state index contributed by atoms with van der Waals surface area (Å²) in [5.74, 6) is -0.0111. The highest BCUT2D eigenvalue weighted by atomic mass is 32.2. The Morgan fingerprint density at radius 1 is 1.02 bits per heavy atom. The van der Waals surface area contributed by atoms with E-state index in [-0.39, 0.29) is 30.6 Å². The van der Waals surface area contributed by atoms with Crippen molar-refractivity contribution in [1.82, 2.24) is 10.2 Å². The molecule has 0 saturated carbocycles. The van der Waals surface area contributed by atoms with Crippen molar-refractivity contribution >= 4 is 51.9 Å². The van der Waals surface area contributed by atoms with Gasteiger partial charge in [-0.2, -0.15) is 0 Å². The lowest BCUT2D eigenvalue weighted by Crippen LogP contribution is -2.42. The summed E-state index contributed by atoms with van der Waals surface area (Å²) in [6.07, 6.45) is 0.999. The zero-order valence-corrected chi connectivity index (χ0v) is 23.3. The van der Waals surface area contributed by atoms with Crippen LogP contribution in [0.15, 0.2) is 88.8 Å². The maximum Gasteiger partial charge on any atom is 0.259 e. The summed E-state index contributed by atoms with van der Waals surface area (Å²) in [5.41, 5.74) is 4.24. The van der Waals surface area contributed by atoms with E-state index in [4.69, 9.17) is 9.98 Å². The van der Waals surface area contributed by atoms with Crippen LogP contribution in [0.5, 0.6) is 0 Å². The molecule has 0 radical (unpaired) electrons. The van der Waals surface area contributed by atoms with E-state index < -0.39 is 11.3 Å². The fourth-order valence-electron chi connectivity index (χ4n) is 4.62. The smallest absolute Gasteiger partial charge is 0.259 e. The van der Waals surface area contributed by atoms with Crippen LogP contribution >= 0.6 is 11.8 Å². The molecule has 3 amide bonds. The first kappa shape index (κ1) is 27.3. The molecule has 0 unspecified atom stereocenters. The monoisotopic (exact) mass is 553 g/mol. The molecule has 2 heterocycles. The highest BCUT2D eigenvalue weighted by Gasteiger charge is 2.42. The molecule has 40 heavy (non-hydrogen) atoms. The highest BCUT2D eigenvalue weighted by molar-refractivity contribution is 8.15.